The summed E-state index contributed by atoms with van der Waals surface area (Å²) < 4.78 is 5.45. The van der Waals surface area contributed by atoms with E-state index >= 15 is 0 Å². The lowest BCUT2D eigenvalue weighted by atomic mass is 10.1. The Morgan fingerprint density at radius 3 is 2.50 bits per heavy atom. The molecule has 0 fully saturated rings. The molecule has 0 aliphatic rings. The van der Waals surface area contributed by atoms with E-state index in [1.807, 2.05) is 51.1 Å². The summed E-state index contributed by atoms with van der Waals surface area (Å²) in [4.78, 5) is 11.6. The Hall–Kier alpha value is -1.81. The number of carbonyl (C=O) groups is 1. The molecular weight excluding hydrogens is 252 g/mol. The van der Waals surface area contributed by atoms with Crippen molar-refractivity contribution in [1.29, 1.82) is 0 Å². The van der Waals surface area contributed by atoms with Crippen LogP contribution in [0.5, 0.6) is 5.75 Å². The molecule has 2 N–H and O–H groups in total. The van der Waals surface area contributed by atoms with Gasteiger partial charge in [0.2, 0.25) is 0 Å². The van der Waals surface area contributed by atoms with E-state index in [9.17, 15) is 4.79 Å². The third-order valence-electron chi connectivity index (χ3n) is 2.43. The van der Waals surface area contributed by atoms with Gasteiger partial charge in [-0.05, 0) is 38.5 Å². The highest BCUT2D eigenvalue weighted by Crippen LogP contribution is 2.12. The summed E-state index contributed by atoms with van der Waals surface area (Å²) >= 11 is 0. The Morgan fingerprint density at radius 1 is 1.30 bits per heavy atom. The van der Waals surface area contributed by atoms with Gasteiger partial charge < -0.3 is 15.4 Å². The van der Waals surface area contributed by atoms with Crippen LogP contribution in [0, 0.1) is 0 Å². The average molecular weight is 276 g/mol. The monoisotopic (exact) mass is 276 g/mol. The fourth-order valence-electron chi connectivity index (χ4n) is 1.63. The highest BCUT2D eigenvalue weighted by atomic mass is 16.5. The van der Waals surface area contributed by atoms with E-state index < -0.39 is 0 Å². The molecule has 1 amide bonds. The second kappa shape index (κ2) is 7.70. The lowest BCUT2D eigenvalue weighted by molar-refractivity contribution is -0.124. The minimum absolute atomic E-state index is 0.0331. The maximum atomic E-state index is 11.6. The van der Waals surface area contributed by atoms with Crippen molar-refractivity contribution in [2.45, 2.75) is 32.9 Å². The second-order valence-corrected chi connectivity index (χ2v) is 5.65. The summed E-state index contributed by atoms with van der Waals surface area (Å²) in [6.45, 7) is 11.1. The van der Waals surface area contributed by atoms with Gasteiger partial charge in [-0.2, -0.15) is 0 Å². The summed E-state index contributed by atoms with van der Waals surface area (Å²) in [7, 11) is 0. The van der Waals surface area contributed by atoms with Gasteiger partial charge in [-0.3, -0.25) is 4.79 Å². The van der Waals surface area contributed by atoms with Gasteiger partial charge in [-0.15, -0.1) is 6.58 Å². The van der Waals surface area contributed by atoms with Gasteiger partial charge in [0.05, 0.1) is 0 Å². The first-order valence-corrected chi connectivity index (χ1v) is 6.75. The summed E-state index contributed by atoms with van der Waals surface area (Å²) in [6.07, 6.45) is 1.82. The Balaban J connectivity index is 2.38. The summed E-state index contributed by atoms with van der Waals surface area (Å²) in [5.41, 5.74) is 0.930. The molecule has 20 heavy (non-hydrogen) atoms. The number of amides is 1. The van der Waals surface area contributed by atoms with E-state index in [4.69, 9.17) is 4.74 Å². The number of hydrogen-bond donors (Lipinski definition) is 2. The van der Waals surface area contributed by atoms with E-state index in [1.165, 1.54) is 5.56 Å². The van der Waals surface area contributed by atoms with E-state index in [0.717, 1.165) is 13.1 Å². The second-order valence-electron chi connectivity index (χ2n) is 5.65. The Bertz CT molecular complexity index is 433. The van der Waals surface area contributed by atoms with Crippen LogP contribution >= 0.6 is 0 Å². The third kappa shape index (κ3) is 6.95. The van der Waals surface area contributed by atoms with Crippen LogP contribution in [-0.4, -0.2) is 24.6 Å². The first kappa shape index (κ1) is 16.2. The van der Waals surface area contributed by atoms with Gasteiger partial charge >= 0.3 is 0 Å². The zero-order chi connectivity index (χ0) is 15.0. The number of hydrogen-bond acceptors (Lipinski definition) is 3. The van der Waals surface area contributed by atoms with Crippen molar-refractivity contribution in [3.05, 3.63) is 42.5 Å². The zero-order valence-corrected chi connectivity index (χ0v) is 12.5. The summed E-state index contributed by atoms with van der Waals surface area (Å²) in [6, 6.07) is 7.70. The van der Waals surface area contributed by atoms with Crippen LogP contribution in [0.2, 0.25) is 0 Å². The maximum Gasteiger partial charge on any atom is 0.258 e. The van der Waals surface area contributed by atoms with Crippen LogP contribution in [0.15, 0.2) is 36.9 Å². The fourth-order valence-corrected chi connectivity index (χ4v) is 1.63. The van der Waals surface area contributed by atoms with Crippen molar-refractivity contribution in [3.8, 4) is 5.75 Å². The molecule has 0 aromatic heterocycles. The molecule has 1 rings (SSSR count). The average Bonchev–Trinajstić information content (AvgIpc) is 2.36. The van der Waals surface area contributed by atoms with E-state index in [1.54, 1.807) is 0 Å². The van der Waals surface area contributed by atoms with Crippen LogP contribution in [0.25, 0.3) is 0 Å². The predicted octanol–water partition coefficient (Wildman–Crippen LogP) is 2.26. The minimum Gasteiger partial charge on any atom is -0.484 e. The van der Waals surface area contributed by atoms with Gasteiger partial charge in [-0.1, -0.05) is 18.2 Å². The topological polar surface area (TPSA) is 50.4 Å². The quantitative estimate of drug-likeness (QED) is 0.593. The van der Waals surface area contributed by atoms with Crippen LogP contribution < -0.4 is 15.4 Å². The lowest BCUT2D eigenvalue weighted by Crippen LogP contribution is -2.43. The molecule has 1 aromatic rings. The minimum atomic E-state index is -0.235. The van der Waals surface area contributed by atoms with Crippen LogP contribution in [0.4, 0.5) is 0 Å². The smallest absolute Gasteiger partial charge is 0.258 e. The molecule has 0 bridgehead atoms. The zero-order valence-electron chi connectivity index (χ0n) is 12.5. The molecule has 0 heterocycles. The molecule has 0 spiro atoms. The number of rotatable bonds is 7. The third-order valence-corrected chi connectivity index (χ3v) is 2.43. The molecule has 1 aromatic carbocycles. The fraction of sp³-hybridized carbons (Fsp3) is 0.438. The molecule has 0 aliphatic heterocycles. The molecule has 4 nitrogen and oxygen atoms in total. The molecule has 0 aliphatic carbocycles. The molecule has 0 saturated heterocycles. The summed E-state index contributed by atoms with van der Waals surface area (Å²) in [5, 5.41) is 6.08. The number of benzene rings is 1. The normalized spacial score (nSPS) is 10.9. The van der Waals surface area contributed by atoms with Crippen LogP contribution in [0.3, 0.4) is 0 Å². The van der Waals surface area contributed by atoms with Crippen molar-refractivity contribution < 1.29 is 9.53 Å². The Morgan fingerprint density at radius 2 is 1.95 bits per heavy atom. The first-order valence-electron chi connectivity index (χ1n) is 6.75. The van der Waals surface area contributed by atoms with Gasteiger partial charge in [0.15, 0.2) is 6.61 Å². The van der Waals surface area contributed by atoms with Gasteiger partial charge in [-0.25, -0.2) is 0 Å². The number of nitrogens with one attached hydrogen (secondary N) is 2. The predicted molar refractivity (Wildman–Crippen MR) is 81.7 cm³/mol. The molecule has 110 valence electrons. The molecular formula is C16H24N2O2. The highest BCUT2D eigenvalue weighted by Gasteiger charge is 2.13. The molecule has 4 heteroatoms. The maximum absolute atomic E-state index is 11.6. The Labute approximate surface area is 121 Å². The highest BCUT2D eigenvalue weighted by molar-refractivity contribution is 5.78. The van der Waals surface area contributed by atoms with Gasteiger partial charge in [0, 0.05) is 18.6 Å². The SMILES string of the molecule is C=CCNCc1ccc(OCC(=O)NC(C)(C)C)cc1. The van der Waals surface area contributed by atoms with E-state index in [-0.39, 0.29) is 18.1 Å². The van der Waals surface area contributed by atoms with Crippen molar-refractivity contribution in [2.75, 3.05) is 13.2 Å². The lowest BCUT2D eigenvalue weighted by Gasteiger charge is -2.20. The summed E-state index contributed by atoms with van der Waals surface area (Å²) in [5.74, 6) is 0.579. The molecule has 0 radical (unpaired) electrons. The van der Waals surface area contributed by atoms with Crippen molar-refractivity contribution >= 4 is 5.91 Å². The van der Waals surface area contributed by atoms with Crippen LogP contribution in [0.1, 0.15) is 26.3 Å². The Kier molecular flexibility index (Phi) is 6.25. The standard InChI is InChI=1S/C16H24N2O2/c1-5-10-17-11-13-6-8-14(9-7-13)20-12-15(19)18-16(2,3)4/h5-9,17H,1,10-12H2,2-4H3,(H,18,19). The van der Waals surface area contributed by atoms with E-state index in [0.29, 0.717) is 5.75 Å². The first-order chi connectivity index (χ1) is 9.40. The van der Waals surface area contributed by atoms with E-state index in [2.05, 4.69) is 17.2 Å². The number of carbonyl (C=O) groups excluding carboxylic acids is 1. The van der Waals surface area contributed by atoms with Crippen LogP contribution in [-0.2, 0) is 11.3 Å². The number of ether oxygens (including phenoxy) is 1. The van der Waals surface area contributed by atoms with Gasteiger partial charge in [0.1, 0.15) is 5.75 Å². The molecule has 0 unspecified atom stereocenters. The van der Waals surface area contributed by atoms with Crippen molar-refractivity contribution in [3.63, 3.8) is 0 Å². The molecule has 0 saturated carbocycles. The van der Waals surface area contributed by atoms with Crippen molar-refractivity contribution in [1.82, 2.24) is 10.6 Å². The molecule has 0 atom stereocenters. The van der Waals surface area contributed by atoms with Crippen molar-refractivity contribution in [2.24, 2.45) is 0 Å². The largest absolute Gasteiger partial charge is 0.484 e. The van der Waals surface area contributed by atoms with Gasteiger partial charge in [0.25, 0.3) is 5.91 Å².